The maximum absolute atomic E-state index is 12.5. The summed E-state index contributed by atoms with van der Waals surface area (Å²) in [5.74, 6) is 1.08. The summed E-state index contributed by atoms with van der Waals surface area (Å²) in [6.07, 6.45) is 11.9. The quantitative estimate of drug-likeness (QED) is 0.847. The second-order valence-corrected chi connectivity index (χ2v) is 7.29. The van der Waals surface area contributed by atoms with Crippen LogP contribution in [0.3, 0.4) is 0 Å². The molecule has 0 atom stereocenters. The van der Waals surface area contributed by atoms with Crippen molar-refractivity contribution in [3.05, 3.63) is 48.0 Å². The number of hydrogen-bond acceptors (Lipinski definition) is 5. The summed E-state index contributed by atoms with van der Waals surface area (Å²) in [6.45, 7) is 4.58. The third-order valence-electron chi connectivity index (χ3n) is 5.84. The lowest BCUT2D eigenvalue weighted by Crippen LogP contribution is -2.53. The van der Waals surface area contributed by atoms with Crippen molar-refractivity contribution in [1.82, 2.24) is 19.9 Å². The average Bonchev–Trinajstić information content (AvgIpc) is 2.99. The molecule has 1 amide bonds. The summed E-state index contributed by atoms with van der Waals surface area (Å²) in [5.41, 5.74) is 2.29. The van der Waals surface area contributed by atoms with Crippen molar-refractivity contribution in [2.45, 2.75) is 51.1 Å². The van der Waals surface area contributed by atoms with Crippen LogP contribution in [0.15, 0.2) is 36.9 Å². The van der Waals surface area contributed by atoms with E-state index < -0.39 is 0 Å². The van der Waals surface area contributed by atoms with Crippen LogP contribution >= 0.6 is 0 Å². The number of nitrogens with zero attached hydrogens (tertiary/aromatic N) is 5. The number of pyridine rings is 1. The van der Waals surface area contributed by atoms with E-state index >= 15 is 0 Å². The van der Waals surface area contributed by atoms with E-state index in [-0.39, 0.29) is 11.4 Å². The third-order valence-corrected chi connectivity index (χ3v) is 5.84. The number of rotatable bonds is 4. The highest BCUT2D eigenvalue weighted by Crippen LogP contribution is 2.40. The number of piperidine rings is 1. The minimum Gasteiger partial charge on any atom is -0.341 e. The maximum atomic E-state index is 12.5. The first-order chi connectivity index (χ1) is 12.7. The van der Waals surface area contributed by atoms with E-state index in [1.807, 2.05) is 24.5 Å². The Kier molecular flexibility index (Phi) is 4.57. The molecule has 6 heteroatoms. The topological polar surface area (TPSA) is 62.2 Å². The molecule has 2 aromatic rings. The van der Waals surface area contributed by atoms with Crippen molar-refractivity contribution in [2.24, 2.45) is 0 Å². The number of likely N-dealkylation sites (tertiary alicyclic amines) is 1. The average molecular weight is 351 g/mol. The molecule has 0 aliphatic carbocycles. The van der Waals surface area contributed by atoms with Gasteiger partial charge in [-0.05, 0) is 48.9 Å². The molecule has 2 saturated heterocycles. The normalized spacial score (nSPS) is 19.3. The van der Waals surface area contributed by atoms with Crippen LogP contribution in [0.2, 0.25) is 0 Å². The number of carbonyl (C=O) groups is 1. The number of amides is 1. The molecular formula is C20H25N5O. The van der Waals surface area contributed by atoms with E-state index in [1.54, 1.807) is 12.4 Å². The zero-order valence-corrected chi connectivity index (χ0v) is 15.3. The Labute approximate surface area is 154 Å². The Morgan fingerprint density at radius 3 is 2.38 bits per heavy atom. The van der Waals surface area contributed by atoms with Crippen LogP contribution in [0.4, 0.5) is 5.95 Å². The number of carbonyl (C=O) groups excluding carboxylic acids is 1. The van der Waals surface area contributed by atoms with Crippen molar-refractivity contribution >= 4 is 11.9 Å². The van der Waals surface area contributed by atoms with Crippen molar-refractivity contribution in [1.29, 1.82) is 0 Å². The van der Waals surface area contributed by atoms with Crippen molar-refractivity contribution in [2.75, 3.05) is 18.0 Å². The molecule has 0 bridgehead atoms. The molecule has 0 saturated carbocycles. The first-order valence-electron chi connectivity index (χ1n) is 9.45. The van der Waals surface area contributed by atoms with Crippen LogP contribution in [-0.4, -0.2) is 44.4 Å². The Hall–Kier alpha value is -2.50. The molecule has 1 spiro atoms. The van der Waals surface area contributed by atoms with Gasteiger partial charge in [0.05, 0.1) is 0 Å². The monoisotopic (exact) mass is 351 g/mol. The van der Waals surface area contributed by atoms with Gasteiger partial charge in [0, 0.05) is 56.4 Å². The van der Waals surface area contributed by atoms with Gasteiger partial charge >= 0.3 is 0 Å². The fraction of sp³-hybridized carbons (Fsp3) is 0.500. The predicted octanol–water partition coefficient (Wildman–Crippen LogP) is 2.60. The SMILES string of the molecule is CCc1cnc(N2CCC3(CCC(=O)N3Cc3ccncc3)CC2)nc1. The molecular weight excluding hydrogens is 326 g/mol. The molecule has 2 aromatic heterocycles. The minimum atomic E-state index is -0.0137. The van der Waals surface area contributed by atoms with Gasteiger partial charge in [0.2, 0.25) is 11.9 Å². The largest absolute Gasteiger partial charge is 0.341 e. The van der Waals surface area contributed by atoms with E-state index in [2.05, 4.69) is 31.7 Å². The summed E-state index contributed by atoms with van der Waals surface area (Å²) in [4.78, 5) is 30.0. The number of anilines is 1. The van der Waals surface area contributed by atoms with Gasteiger partial charge in [0.25, 0.3) is 0 Å². The van der Waals surface area contributed by atoms with Crippen molar-refractivity contribution in [3.8, 4) is 0 Å². The van der Waals surface area contributed by atoms with Gasteiger partial charge in [-0.2, -0.15) is 0 Å². The highest BCUT2D eigenvalue weighted by Gasteiger charge is 2.46. The zero-order chi connectivity index (χ0) is 18.0. The predicted molar refractivity (Wildman–Crippen MR) is 99.6 cm³/mol. The molecule has 4 rings (SSSR count). The summed E-state index contributed by atoms with van der Waals surface area (Å²) in [6, 6.07) is 4.00. The van der Waals surface area contributed by atoms with E-state index in [4.69, 9.17) is 0 Å². The fourth-order valence-corrected chi connectivity index (χ4v) is 4.14. The summed E-state index contributed by atoms with van der Waals surface area (Å²) in [5, 5.41) is 0. The Morgan fingerprint density at radius 1 is 1.04 bits per heavy atom. The molecule has 2 aliphatic heterocycles. The van der Waals surface area contributed by atoms with Crippen LogP contribution in [0.5, 0.6) is 0 Å². The number of hydrogen-bond donors (Lipinski definition) is 0. The summed E-state index contributed by atoms with van der Waals surface area (Å²) in [7, 11) is 0. The van der Waals surface area contributed by atoms with Gasteiger partial charge in [-0.15, -0.1) is 0 Å². The molecule has 0 unspecified atom stereocenters. The lowest BCUT2D eigenvalue weighted by Gasteiger charge is -2.45. The van der Waals surface area contributed by atoms with E-state index in [1.165, 1.54) is 0 Å². The van der Waals surface area contributed by atoms with Gasteiger partial charge in [-0.1, -0.05) is 6.92 Å². The van der Waals surface area contributed by atoms with E-state index in [0.717, 1.165) is 55.8 Å². The summed E-state index contributed by atoms with van der Waals surface area (Å²) >= 11 is 0. The number of aryl methyl sites for hydroxylation is 1. The van der Waals surface area contributed by atoms with Crippen LogP contribution in [0.1, 0.15) is 43.7 Å². The maximum Gasteiger partial charge on any atom is 0.225 e. The summed E-state index contributed by atoms with van der Waals surface area (Å²) < 4.78 is 0. The molecule has 0 radical (unpaired) electrons. The minimum absolute atomic E-state index is 0.0137. The molecule has 6 nitrogen and oxygen atoms in total. The first-order valence-corrected chi connectivity index (χ1v) is 9.45. The van der Waals surface area contributed by atoms with E-state index in [9.17, 15) is 4.79 Å². The lowest BCUT2D eigenvalue weighted by molar-refractivity contribution is -0.132. The smallest absolute Gasteiger partial charge is 0.225 e. The molecule has 0 aromatic carbocycles. The standard InChI is InChI=1S/C20H25N5O/c1-2-16-13-22-19(23-14-16)24-11-7-20(8-12-24)6-3-18(26)25(20)15-17-4-9-21-10-5-17/h4-5,9-10,13-14H,2-3,6-8,11-12,15H2,1H3. The lowest BCUT2D eigenvalue weighted by atomic mass is 9.85. The zero-order valence-electron chi connectivity index (χ0n) is 15.3. The molecule has 2 aliphatic rings. The molecule has 2 fully saturated rings. The highest BCUT2D eigenvalue weighted by molar-refractivity contribution is 5.79. The first kappa shape index (κ1) is 16.9. The van der Waals surface area contributed by atoms with Crippen LogP contribution in [0.25, 0.3) is 0 Å². The van der Waals surface area contributed by atoms with Crippen LogP contribution in [0, 0.1) is 0 Å². The second-order valence-electron chi connectivity index (χ2n) is 7.29. The Balaban J connectivity index is 1.46. The number of aromatic nitrogens is 3. The Morgan fingerprint density at radius 2 is 1.73 bits per heavy atom. The third kappa shape index (κ3) is 3.16. The molecule has 26 heavy (non-hydrogen) atoms. The Bertz CT molecular complexity index is 754. The second kappa shape index (κ2) is 7.02. The van der Waals surface area contributed by atoms with Gasteiger partial charge in [0.15, 0.2) is 0 Å². The highest BCUT2D eigenvalue weighted by atomic mass is 16.2. The van der Waals surface area contributed by atoms with E-state index in [0.29, 0.717) is 13.0 Å². The molecule has 4 heterocycles. The van der Waals surface area contributed by atoms with Gasteiger partial charge in [-0.3, -0.25) is 9.78 Å². The van der Waals surface area contributed by atoms with Crippen LogP contribution < -0.4 is 4.90 Å². The van der Waals surface area contributed by atoms with Gasteiger partial charge in [0.1, 0.15) is 0 Å². The van der Waals surface area contributed by atoms with Gasteiger partial charge in [-0.25, -0.2) is 9.97 Å². The van der Waals surface area contributed by atoms with Crippen LogP contribution in [-0.2, 0) is 17.8 Å². The molecule has 136 valence electrons. The molecule has 0 N–H and O–H groups in total. The van der Waals surface area contributed by atoms with Gasteiger partial charge < -0.3 is 9.80 Å². The fourth-order valence-electron chi connectivity index (χ4n) is 4.14. The van der Waals surface area contributed by atoms with Crippen molar-refractivity contribution in [3.63, 3.8) is 0 Å². The van der Waals surface area contributed by atoms with Crippen molar-refractivity contribution < 1.29 is 4.79 Å².